The summed E-state index contributed by atoms with van der Waals surface area (Å²) >= 11 is 0. The molecule has 0 aromatic carbocycles. The lowest BCUT2D eigenvalue weighted by atomic mass is 9.66. The number of carbonyl (C=O) groups is 1. The molecule has 0 unspecified atom stereocenters. The van der Waals surface area contributed by atoms with Crippen LogP contribution in [-0.4, -0.2) is 32.1 Å². The SMILES string of the molecule is COC1=C(OC)C[C@]2(C#N)C=CN(C)C(=O)[C@H]2C1. The van der Waals surface area contributed by atoms with Crippen LogP contribution in [0.15, 0.2) is 23.8 Å². The molecule has 0 bridgehead atoms. The maximum Gasteiger partial charge on any atom is 0.231 e. The highest BCUT2D eigenvalue weighted by Crippen LogP contribution is 2.47. The van der Waals surface area contributed by atoms with Crippen LogP contribution in [0, 0.1) is 22.7 Å². The van der Waals surface area contributed by atoms with Crippen molar-refractivity contribution in [2.45, 2.75) is 12.8 Å². The first kappa shape index (κ1) is 12.5. The lowest BCUT2D eigenvalue weighted by Gasteiger charge is -2.40. The Balaban J connectivity index is 2.47. The van der Waals surface area contributed by atoms with Crippen LogP contribution in [0.1, 0.15) is 12.8 Å². The molecule has 5 nitrogen and oxygen atoms in total. The van der Waals surface area contributed by atoms with Crippen LogP contribution in [0.2, 0.25) is 0 Å². The number of nitrogens with zero attached hydrogens (tertiary/aromatic N) is 2. The molecule has 2 aliphatic rings. The molecule has 1 heterocycles. The first-order chi connectivity index (χ1) is 8.57. The van der Waals surface area contributed by atoms with Crippen molar-refractivity contribution in [2.75, 3.05) is 21.3 Å². The van der Waals surface area contributed by atoms with Crippen molar-refractivity contribution in [3.05, 3.63) is 23.8 Å². The van der Waals surface area contributed by atoms with Crippen LogP contribution in [0.25, 0.3) is 0 Å². The molecule has 0 fully saturated rings. The topological polar surface area (TPSA) is 62.6 Å². The van der Waals surface area contributed by atoms with E-state index in [1.54, 1.807) is 33.5 Å². The Hall–Kier alpha value is -1.96. The smallest absolute Gasteiger partial charge is 0.231 e. The van der Waals surface area contributed by atoms with E-state index in [2.05, 4.69) is 6.07 Å². The summed E-state index contributed by atoms with van der Waals surface area (Å²) in [5.41, 5.74) is -0.809. The molecule has 96 valence electrons. The van der Waals surface area contributed by atoms with Crippen molar-refractivity contribution >= 4 is 5.91 Å². The van der Waals surface area contributed by atoms with Gasteiger partial charge in [0.2, 0.25) is 5.91 Å². The second-order valence-electron chi connectivity index (χ2n) is 4.61. The molecule has 0 saturated heterocycles. The molecule has 1 aliphatic heterocycles. The van der Waals surface area contributed by atoms with E-state index in [0.29, 0.717) is 24.4 Å². The van der Waals surface area contributed by atoms with E-state index in [1.807, 2.05) is 0 Å². The summed E-state index contributed by atoms with van der Waals surface area (Å²) in [6.45, 7) is 0. The minimum Gasteiger partial charge on any atom is -0.498 e. The minimum absolute atomic E-state index is 0.0521. The lowest BCUT2D eigenvalue weighted by molar-refractivity contribution is -0.136. The number of hydrogen-bond acceptors (Lipinski definition) is 4. The molecule has 5 heteroatoms. The number of allylic oxidation sites excluding steroid dienone is 3. The second kappa shape index (κ2) is 4.37. The summed E-state index contributed by atoms with van der Waals surface area (Å²) in [6, 6.07) is 2.28. The van der Waals surface area contributed by atoms with E-state index < -0.39 is 11.3 Å². The molecule has 1 aliphatic carbocycles. The van der Waals surface area contributed by atoms with Gasteiger partial charge in [0, 0.05) is 26.1 Å². The third-order valence-electron chi connectivity index (χ3n) is 3.72. The maximum atomic E-state index is 12.2. The van der Waals surface area contributed by atoms with E-state index in [1.165, 1.54) is 4.90 Å². The van der Waals surface area contributed by atoms with Crippen LogP contribution >= 0.6 is 0 Å². The molecular weight excluding hydrogens is 232 g/mol. The number of nitriles is 1. The molecule has 18 heavy (non-hydrogen) atoms. The van der Waals surface area contributed by atoms with Gasteiger partial charge in [0.1, 0.15) is 11.5 Å². The fourth-order valence-electron chi connectivity index (χ4n) is 2.55. The number of ether oxygens (including phenoxy) is 2. The van der Waals surface area contributed by atoms with Gasteiger partial charge in [-0.3, -0.25) is 4.79 Å². The van der Waals surface area contributed by atoms with Gasteiger partial charge in [-0.15, -0.1) is 0 Å². The van der Waals surface area contributed by atoms with Crippen LogP contribution in [-0.2, 0) is 14.3 Å². The molecule has 2 atom stereocenters. The standard InChI is InChI=1S/C13H16N2O3/c1-15-5-4-13(8-14)7-11(18-3)10(17-2)6-9(13)12(15)16/h4-5,9H,6-7H2,1-3H3/t9-,13+/m1/s1. The van der Waals surface area contributed by atoms with Gasteiger partial charge < -0.3 is 14.4 Å². The highest BCUT2D eigenvalue weighted by atomic mass is 16.5. The number of carbonyl (C=O) groups excluding carboxylic acids is 1. The zero-order valence-electron chi connectivity index (χ0n) is 10.8. The van der Waals surface area contributed by atoms with E-state index in [4.69, 9.17) is 9.47 Å². The maximum absolute atomic E-state index is 12.2. The number of amides is 1. The largest absolute Gasteiger partial charge is 0.498 e. The molecule has 0 aromatic heterocycles. The Morgan fingerprint density at radius 1 is 1.44 bits per heavy atom. The molecule has 1 amide bonds. The molecule has 0 N–H and O–H groups in total. The summed E-state index contributed by atoms with van der Waals surface area (Å²) in [5.74, 6) is 0.859. The number of rotatable bonds is 2. The summed E-state index contributed by atoms with van der Waals surface area (Å²) in [4.78, 5) is 13.7. The third kappa shape index (κ3) is 1.65. The van der Waals surface area contributed by atoms with Crippen LogP contribution < -0.4 is 0 Å². The molecule has 0 radical (unpaired) electrons. The average Bonchev–Trinajstić information content (AvgIpc) is 2.41. The van der Waals surface area contributed by atoms with Crippen molar-refractivity contribution in [3.63, 3.8) is 0 Å². The van der Waals surface area contributed by atoms with Crippen molar-refractivity contribution in [1.29, 1.82) is 5.26 Å². The van der Waals surface area contributed by atoms with Gasteiger partial charge >= 0.3 is 0 Å². The molecular formula is C13H16N2O3. The minimum atomic E-state index is -0.809. The average molecular weight is 248 g/mol. The van der Waals surface area contributed by atoms with Crippen LogP contribution in [0.5, 0.6) is 0 Å². The quantitative estimate of drug-likeness (QED) is 0.741. The van der Waals surface area contributed by atoms with Crippen molar-refractivity contribution in [1.82, 2.24) is 4.90 Å². The van der Waals surface area contributed by atoms with E-state index >= 15 is 0 Å². The zero-order chi connectivity index (χ0) is 13.3. The van der Waals surface area contributed by atoms with Gasteiger partial charge in [0.05, 0.1) is 31.6 Å². The fraction of sp³-hybridized carbons (Fsp3) is 0.538. The van der Waals surface area contributed by atoms with Gasteiger partial charge in [0.25, 0.3) is 0 Å². The predicted octanol–water partition coefficient (Wildman–Crippen LogP) is 1.40. The summed E-state index contributed by atoms with van der Waals surface area (Å²) in [5, 5.41) is 9.46. The highest BCUT2D eigenvalue weighted by Gasteiger charge is 2.50. The van der Waals surface area contributed by atoms with Gasteiger partial charge in [0.15, 0.2) is 0 Å². The summed E-state index contributed by atoms with van der Waals surface area (Å²) in [7, 11) is 4.81. The van der Waals surface area contributed by atoms with Gasteiger partial charge in [-0.05, 0) is 6.08 Å². The van der Waals surface area contributed by atoms with Crippen LogP contribution in [0.3, 0.4) is 0 Å². The molecule has 0 aromatic rings. The third-order valence-corrected chi connectivity index (χ3v) is 3.72. The molecule has 0 spiro atoms. The predicted molar refractivity (Wildman–Crippen MR) is 63.7 cm³/mol. The van der Waals surface area contributed by atoms with E-state index in [-0.39, 0.29) is 5.91 Å². The normalized spacial score (nSPS) is 30.9. The number of fused-ring (bicyclic) bond motifs is 1. The Morgan fingerprint density at radius 3 is 2.67 bits per heavy atom. The fourth-order valence-corrected chi connectivity index (χ4v) is 2.55. The van der Waals surface area contributed by atoms with Crippen molar-refractivity contribution in [2.24, 2.45) is 11.3 Å². The van der Waals surface area contributed by atoms with Crippen LogP contribution in [0.4, 0.5) is 0 Å². The second-order valence-corrected chi connectivity index (χ2v) is 4.61. The lowest BCUT2D eigenvalue weighted by Crippen LogP contribution is -2.46. The van der Waals surface area contributed by atoms with Gasteiger partial charge in [-0.1, -0.05) is 0 Å². The van der Waals surface area contributed by atoms with E-state index in [9.17, 15) is 10.1 Å². The number of methoxy groups -OCH3 is 2. The Kier molecular flexibility index (Phi) is 3.04. The Bertz CT molecular complexity index is 475. The summed E-state index contributed by atoms with van der Waals surface area (Å²) in [6.07, 6.45) is 4.24. The Labute approximate surface area is 106 Å². The summed E-state index contributed by atoms with van der Waals surface area (Å²) < 4.78 is 10.5. The van der Waals surface area contributed by atoms with Crippen molar-refractivity contribution in [3.8, 4) is 6.07 Å². The Morgan fingerprint density at radius 2 is 2.11 bits per heavy atom. The monoisotopic (exact) mass is 248 g/mol. The molecule has 0 saturated carbocycles. The zero-order valence-corrected chi connectivity index (χ0v) is 10.8. The van der Waals surface area contributed by atoms with Gasteiger partial charge in [-0.2, -0.15) is 5.26 Å². The molecule has 2 rings (SSSR count). The van der Waals surface area contributed by atoms with Crippen molar-refractivity contribution < 1.29 is 14.3 Å². The van der Waals surface area contributed by atoms with E-state index in [0.717, 1.165) is 0 Å². The van der Waals surface area contributed by atoms with Gasteiger partial charge in [-0.25, -0.2) is 0 Å². The number of hydrogen-bond donors (Lipinski definition) is 0. The first-order valence-electron chi connectivity index (χ1n) is 5.75. The first-order valence-corrected chi connectivity index (χ1v) is 5.75. The highest BCUT2D eigenvalue weighted by molar-refractivity contribution is 5.83.